The summed E-state index contributed by atoms with van der Waals surface area (Å²) in [5.41, 5.74) is 2.90. The summed E-state index contributed by atoms with van der Waals surface area (Å²) in [5, 5.41) is 5.75. The fourth-order valence-corrected chi connectivity index (χ4v) is 5.58. The Kier molecular flexibility index (Phi) is 6.63. The van der Waals surface area contributed by atoms with E-state index >= 15 is 0 Å². The molecule has 1 N–H and O–H groups in total. The highest BCUT2D eigenvalue weighted by molar-refractivity contribution is 7.16. The molecule has 0 aliphatic heterocycles. The van der Waals surface area contributed by atoms with E-state index in [-0.39, 0.29) is 11.9 Å². The summed E-state index contributed by atoms with van der Waals surface area (Å²) >= 11 is 3.24. The number of anilines is 1. The third-order valence-corrected chi connectivity index (χ3v) is 7.20. The Morgan fingerprint density at radius 1 is 1.26 bits per heavy atom. The molecule has 1 aliphatic carbocycles. The first-order chi connectivity index (χ1) is 15.0. The zero-order valence-electron chi connectivity index (χ0n) is 17.5. The number of hydrogen-bond donors (Lipinski definition) is 1. The quantitative estimate of drug-likeness (QED) is 0.362. The highest BCUT2D eigenvalue weighted by Crippen LogP contribution is 2.41. The van der Waals surface area contributed by atoms with Crippen LogP contribution in [0.4, 0.5) is 10.7 Å². The molecule has 7 heteroatoms. The van der Waals surface area contributed by atoms with E-state index in [9.17, 15) is 9.59 Å². The molecule has 4 rings (SSSR count). The molecule has 1 amide bonds. The molecule has 0 saturated heterocycles. The molecule has 1 aromatic carbocycles. The minimum Gasteiger partial charge on any atom is -0.462 e. The van der Waals surface area contributed by atoms with Gasteiger partial charge in [-0.05, 0) is 73.4 Å². The van der Waals surface area contributed by atoms with Gasteiger partial charge in [0.2, 0.25) is 0 Å². The van der Waals surface area contributed by atoms with Crippen LogP contribution in [0.15, 0.2) is 46.8 Å². The lowest BCUT2D eigenvalue weighted by Crippen LogP contribution is -2.16. The van der Waals surface area contributed by atoms with Gasteiger partial charge in [-0.1, -0.05) is 13.0 Å². The number of nitrogens with zero attached hydrogens (tertiary/aromatic N) is 1. The summed E-state index contributed by atoms with van der Waals surface area (Å²) in [4.78, 5) is 32.1. The lowest BCUT2D eigenvalue weighted by Gasteiger charge is -2.18. The number of amides is 1. The summed E-state index contributed by atoms with van der Waals surface area (Å²) in [7, 11) is 0. The Hall–Kier alpha value is -2.77. The van der Waals surface area contributed by atoms with E-state index in [0.717, 1.165) is 34.7 Å². The number of rotatable bonds is 6. The van der Waals surface area contributed by atoms with Crippen LogP contribution < -0.4 is 5.32 Å². The second-order valence-electron chi connectivity index (χ2n) is 7.56. The molecule has 2 aromatic heterocycles. The van der Waals surface area contributed by atoms with Crippen LogP contribution in [0.3, 0.4) is 0 Å². The van der Waals surface area contributed by atoms with Gasteiger partial charge in [-0.2, -0.15) is 0 Å². The monoisotopic (exact) mass is 452 g/mol. The maximum atomic E-state index is 13.3. The Labute approximate surface area is 189 Å². The van der Waals surface area contributed by atoms with Crippen molar-refractivity contribution in [2.45, 2.75) is 33.1 Å². The summed E-state index contributed by atoms with van der Waals surface area (Å²) in [6.45, 7) is 4.35. The topological polar surface area (TPSA) is 67.8 Å². The third-order valence-electron chi connectivity index (χ3n) is 5.23. The van der Waals surface area contributed by atoms with Gasteiger partial charge in [-0.3, -0.25) is 4.79 Å². The van der Waals surface area contributed by atoms with Crippen molar-refractivity contribution in [3.63, 3.8) is 0 Å². The van der Waals surface area contributed by atoms with Crippen molar-refractivity contribution in [2.75, 3.05) is 11.9 Å². The molecule has 3 aromatic rings. The predicted molar refractivity (Wildman–Crippen MR) is 127 cm³/mol. The van der Waals surface area contributed by atoms with Crippen molar-refractivity contribution in [1.82, 2.24) is 0 Å². The molecular weight excluding hydrogens is 428 g/mol. The van der Waals surface area contributed by atoms with Crippen LogP contribution in [-0.2, 0) is 17.6 Å². The average molecular weight is 453 g/mol. The number of aliphatic imine (C=N–C) groups is 1. The lowest BCUT2D eigenvalue weighted by molar-refractivity contribution is 0.0526. The number of carbonyl (C=O) groups excluding carboxylic acids is 2. The summed E-state index contributed by atoms with van der Waals surface area (Å²) in [6.07, 6.45) is 4.79. The van der Waals surface area contributed by atoms with Crippen molar-refractivity contribution >= 4 is 51.5 Å². The van der Waals surface area contributed by atoms with Gasteiger partial charge in [0.25, 0.3) is 5.91 Å². The number of nitrogens with one attached hydrogen (secondary N) is 1. The van der Waals surface area contributed by atoms with Crippen LogP contribution in [-0.4, -0.2) is 24.7 Å². The van der Waals surface area contributed by atoms with Gasteiger partial charge in [0.1, 0.15) is 5.00 Å². The average Bonchev–Trinajstić information content (AvgIpc) is 3.40. The summed E-state index contributed by atoms with van der Waals surface area (Å²) < 4.78 is 5.01. The first-order valence-corrected chi connectivity index (χ1v) is 12.1. The molecule has 0 fully saturated rings. The minimum atomic E-state index is -0.369. The van der Waals surface area contributed by atoms with Gasteiger partial charge in [0.15, 0.2) is 0 Å². The van der Waals surface area contributed by atoms with E-state index in [1.54, 1.807) is 53.9 Å². The molecule has 2 heterocycles. The van der Waals surface area contributed by atoms with Crippen LogP contribution >= 0.6 is 22.7 Å². The van der Waals surface area contributed by atoms with Crippen LogP contribution in [0.5, 0.6) is 0 Å². The largest absolute Gasteiger partial charge is 0.462 e. The van der Waals surface area contributed by atoms with E-state index in [2.05, 4.69) is 17.2 Å². The second-order valence-corrected chi connectivity index (χ2v) is 9.62. The van der Waals surface area contributed by atoms with Gasteiger partial charge < -0.3 is 10.1 Å². The number of hydrogen-bond acceptors (Lipinski definition) is 6. The first-order valence-electron chi connectivity index (χ1n) is 10.4. The van der Waals surface area contributed by atoms with Crippen molar-refractivity contribution in [2.24, 2.45) is 10.9 Å². The van der Waals surface area contributed by atoms with Gasteiger partial charge in [0, 0.05) is 21.7 Å². The van der Waals surface area contributed by atoms with Crippen molar-refractivity contribution in [3.05, 3.63) is 68.2 Å². The maximum absolute atomic E-state index is 13.3. The fraction of sp³-hybridized carbons (Fsp3) is 0.292. The normalized spacial score (nSPS) is 15.6. The fourth-order valence-electron chi connectivity index (χ4n) is 3.65. The number of esters is 1. The van der Waals surface area contributed by atoms with E-state index in [1.807, 2.05) is 23.7 Å². The number of carbonyl (C=O) groups is 2. The van der Waals surface area contributed by atoms with Gasteiger partial charge in [-0.25, -0.2) is 9.79 Å². The van der Waals surface area contributed by atoms with Crippen LogP contribution in [0.2, 0.25) is 0 Å². The van der Waals surface area contributed by atoms with Gasteiger partial charge in [0.05, 0.1) is 17.7 Å². The molecule has 160 valence electrons. The van der Waals surface area contributed by atoms with Crippen molar-refractivity contribution in [1.29, 1.82) is 0 Å². The molecule has 31 heavy (non-hydrogen) atoms. The maximum Gasteiger partial charge on any atom is 0.338 e. The van der Waals surface area contributed by atoms with Crippen molar-refractivity contribution in [3.8, 4) is 0 Å². The lowest BCUT2D eigenvalue weighted by atomic mass is 9.88. The minimum absolute atomic E-state index is 0.158. The van der Waals surface area contributed by atoms with E-state index in [0.29, 0.717) is 29.3 Å². The number of fused-ring (bicyclic) bond motifs is 1. The Morgan fingerprint density at radius 2 is 2.06 bits per heavy atom. The standard InChI is InChI=1S/C24H24N2O3S2/c1-3-29-24(28)16-7-9-17(10-8-16)26-22(27)21-19-11-6-15(2)13-20(19)31-23(21)25-14-18-5-4-12-30-18/h4-5,7-10,12,14-15H,3,6,11,13H2,1-2H3,(H,26,27). The molecule has 1 unspecified atom stereocenters. The highest BCUT2D eigenvalue weighted by Gasteiger charge is 2.27. The molecule has 0 bridgehead atoms. The summed E-state index contributed by atoms with van der Waals surface area (Å²) in [5.74, 6) is 0.0903. The molecule has 1 aliphatic rings. The van der Waals surface area contributed by atoms with Crippen LogP contribution in [0.1, 0.15) is 56.3 Å². The molecule has 0 saturated carbocycles. The zero-order valence-corrected chi connectivity index (χ0v) is 19.1. The van der Waals surface area contributed by atoms with E-state index in [4.69, 9.17) is 4.74 Å². The number of ether oxygens (including phenoxy) is 1. The smallest absolute Gasteiger partial charge is 0.338 e. The van der Waals surface area contributed by atoms with Crippen LogP contribution in [0, 0.1) is 5.92 Å². The molecular formula is C24H24N2O3S2. The molecule has 0 spiro atoms. The van der Waals surface area contributed by atoms with Gasteiger partial charge in [-0.15, -0.1) is 22.7 Å². The van der Waals surface area contributed by atoms with Crippen molar-refractivity contribution < 1.29 is 14.3 Å². The first kappa shape index (κ1) is 21.5. The third kappa shape index (κ3) is 4.94. The van der Waals surface area contributed by atoms with E-state index < -0.39 is 0 Å². The summed E-state index contributed by atoms with van der Waals surface area (Å²) in [6, 6.07) is 10.8. The Balaban J connectivity index is 1.60. The zero-order chi connectivity index (χ0) is 21.8. The van der Waals surface area contributed by atoms with E-state index in [1.165, 1.54) is 4.88 Å². The predicted octanol–water partition coefficient (Wildman–Crippen LogP) is 6.11. The SMILES string of the molecule is CCOC(=O)c1ccc(NC(=O)c2c(N=Cc3cccs3)sc3c2CCC(C)C3)cc1. The highest BCUT2D eigenvalue weighted by atomic mass is 32.1. The van der Waals surface area contributed by atoms with Gasteiger partial charge >= 0.3 is 5.97 Å². The Morgan fingerprint density at radius 3 is 2.77 bits per heavy atom. The molecule has 1 atom stereocenters. The number of benzene rings is 1. The Bertz CT molecular complexity index is 1100. The van der Waals surface area contributed by atoms with Crippen LogP contribution in [0.25, 0.3) is 0 Å². The number of thiophene rings is 2. The second kappa shape index (κ2) is 9.58. The molecule has 0 radical (unpaired) electrons. The molecule has 5 nitrogen and oxygen atoms in total.